The van der Waals surface area contributed by atoms with Crippen LogP contribution in [-0.4, -0.2) is 91.2 Å². The standard InChI is InChI=1S/C20H34N4O/c1-16-13-18(14-23-9-5-21(3)6-10-23)20(25)19(17(16)2)15-24-11-7-22(4)8-12-24/h13,25H,5-12,14-15H2,1-4H3. The quantitative estimate of drug-likeness (QED) is 0.894. The molecule has 0 spiro atoms. The fraction of sp³-hybridized carbons (Fsp3) is 0.700. The first-order chi connectivity index (χ1) is 11.9. The molecule has 5 heteroatoms. The van der Waals surface area contributed by atoms with Crippen LogP contribution >= 0.6 is 0 Å². The lowest BCUT2D eigenvalue weighted by Gasteiger charge is -2.34. The van der Waals surface area contributed by atoms with Gasteiger partial charge in [0.25, 0.3) is 0 Å². The van der Waals surface area contributed by atoms with Crippen molar-refractivity contribution in [1.29, 1.82) is 0 Å². The van der Waals surface area contributed by atoms with Gasteiger partial charge < -0.3 is 14.9 Å². The van der Waals surface area contributed by atoms with Crippen LogP contribution in [0.3, 0.4) is 0 Å². The van der Waals surface area contributed by atoms with E-state index in [-0.39, 0.29) is 0 Å². The molecular formula is C20H34N4O. The van der Waals surface area contributed by atoms with Gasteiger partial charge in [0.1, 0.15) is 5.75 Å². The minimum atomic E-state index is 0.529. The Hall–Kier alpha value is -1.14. The maximum absolute atomic E-state index is 11.0. The molecule has 0 unspecified atom stereocenters. The third-order valence-corrected chi connectivity index (χ3v) is 5.99. The van der Waals surface area contributed by atoms with Gasteiger partial charge in [-0.25, -0.2) is 0 Å². The summed E-state index contributed by atoms with van der Waals surface area (Å²) in [7, 11) is 4.36. The predicted octanol–water partition coefficient (Wildman–Crippen LogP) is 1.50. The molecule has 0 amide bonds. The molecule has 0 atom stereocenters. The normalized spacial score (nSPS) is 21.8. The molecule has 1 aromatic rings. The molecule has 3 rings (SSSR count). The van der Waals surface area contributed by atoms with Crippen LogP contribution in [0.1, 0.15) is 22.3 Å². The zero-order valence-electron chi connectivity index (χ0n) is 16.4. The zero-order valence-corrected chi connectivity index (χ0v) is 16.4. The van der Waals surface area contributed by atoms with Gasteiger partial charge in [0.15, 0.2) is 0 Å². The summed E-state index contributed by atoms with van der Waals surface area (Å²) in [6.45, 7) is 14.8. The Morgan fingerprint density at radius 2 is 1.28 bits per heavy atom. The maximum atomic E-state index is 11.0. The van der Waals surface area contributed by atoms with Crippen LogP contribution in [0.15, 0.2) is 6.07 Å². The number of likely N-dealkylation sites (N-methyl/N-ethyl adjacent to an activating group) is 2. The third-order valence-electron chi connectivity index (χ3n) is 5.99. The molecule has 5 nitrogen and oxygen atoms in total. The largest absolute Gasteiger partial charge is 0.507 e. The van der Waals surface area contributed by atoms with E-state index in [2.05, 4.69) is 53.6 Å². The molecular weight excluding hydrogens is 312 g/mol. The lowest BCUT2D eigenvalue weighted by Crippen LogP contribution is -2.44. The van der Waals surface area contributed by atoms with Crippen LogP contribution in [0.5, 0.6) is 5.75 Å². The van der Waals surface area contributed by atoms with Crippen molar-refractivity contribution in [3.63, 3.8) is 0 Å². The minimum Gasteiger partial charge on any atom is -0.507 e. The van der Waals surface area contributed by atoms with Crippen molar-refractivity contribution in [2.75, 3.05) is 66.5 Å². The average molecular weight is 347 g/mol. The Labute approximate surface area is 152 Å². The van der Waals surface area contributed by atoms with Crippen molar-refractivity contribution in [2.45, 2.75) is 26.9 Å². The lowest BCUT2D eigenvalue weighted by atomic mass is 9.96. The topological polar surface area (TPSA) is 33.2 Å². The monoisotopic (exact) mass is 346 g/mol. The van der Waals surface area contributed by atoms with Gasteiger partial charge in [0, 0.05) is 76.6 Å². The van der Waals surface area contributed by atoms with Crippen molar-refractivity contribution < 1.29 is 5.11 Å². The smallest absolute Gasteiger partial charge is 0.124 e. The Kier molecular flexibility index (Phi) is 6.00. The van der Waals surface area contributed by atoms with Gasteiger partial charge in [-0.2, -0.15) is 0 Å². The summed E-state index contributed by atoms with van der Waals surface area (Å²) in [6.07, 6.45) is 0. The second-order valence-electron chi connectivity index (χ2n) is 7.96. The summed E-state index contributed by atoms with van der Waals surface area (Å²) >= 11 is 0. The second kappa shape index (κ2) is 8.04. The Bertz CT molecular complexity index is 588. The number of phenols is 1. The van der Waals surface area contributed by atoms with E-state index in [1.165, 1.54) is 11.1 Å². The fourth-order valence-corrected chi connectivity index (χ4v) is 3.84. The summed E-state index contributed by atoms with van der Waals surface area (Å²) in [5, 5.41) is 11.0. The van der Waals surface area contributed by atoms with E-state index in [0.717, 1.165) is 76.6 Å². The van der Waals surface area contributed by atoms with E-state index in [1.54, 1.807) is 0 Å². The van der Waals surface area contributed by atoms with Crippen molar-refractivity contribution in [3.8, 4) is 5.75 Å². The van der Waals surface area contributed by atoms with E-state index in [1.807, 2.05) is 0 Å². The maximum Gasteiger partial charge on any atom is 0.124 e. The van der Waals surface area contributed by atoms with Crippen LogP contribution in [0.4, 0.5) is 0 Å². The molecule has 2 fully saturated rings. The highest BCUT2D eigenvalue weighted by molar-refractivity contribution is 5.49. The number of hydrogen-bond donors (Lipinski definition) is 1. The SMILES string of the molecule is Cc1cc(CN2CCN(C)CC2)c(O)c(CN2CCN(C)CC2)c1C. The molecule has 1 N–H and O–H groups in total. The number of nitrogens with zero attached hydrogens (tertiary/aromatic N) is 4. The van der Waals surface area contributed by atoms with Gasteiger partial charge in [-0.1, -0.05) is 6.07 Å². The summed E-state index contributed by atoms with van der Waals surface area (Å²) in [5.41, 5.74) is 4.77. The first-order valence-electron chi connectivity index (χ1n) is 9.56. The average Bonchev–Trinajstić information content (AvgIpc) is 2.60. The molecule has 2 aliphatic heterocycles. The van der Waals surface area contributed by atoms with Gasteiger partial charge in [-0.05, 0) is 39.1 Å². The number of aromatic hydroxyl groups is 1. The van der Waals surface area contributed by atoms with Crippen LogP contribution in [0.25, 0.3) is 0 Å². The Morgan fingerprint density at radius 1 is 0.800 bits per heavy atom. The number of phenolic OH excluding ortho intramolecular Hbond substituents is 1. The molecule has 2 aliphatic rings. The molecule has 1 aromatic carbocycles. The molecule has 0 radical (unpaired) electrons. The molecule has 2 saturated heterocycles. The first kappa shape index (κ1) is 18.6. The summed E-state index contributed by atoms with van der Waals surface area (Å²) in [6, 6.07) is 2.19. The second-order valence-corrected chi connectivity index (χ2v) is 7.96. The van der Waals surface area contributed by atoms with Gasteiger partial charge in [-0.3, -0.25) is 9.80 Å². The van der Waals surface area contributed by atoms with Crippen molar-refractivity contribution in [2.24, 2.45) is 0 Å². The number of aryl methyl sites for hydroxylation is 1. The molecule has 0 saturated carbocycles. The highest BCUT2D eigenvalue weighted by atomic mass is 16.3. The van der Waals surface area contributed by atoms with Crippen LogP contribution in [0.2, 0.25) is 0 Å². The number of hydrogen-bond acceptors (Lipinski definition) is 5. The zero-order chi connectivity index (χ0) is 18.0. The van der Waals surface area contributed by atoms with Crippen molar-refractivity contribution in [1.82, 2.24) is 19.6 Å². The first-order valence-corrected chi connectivity index (χ1v) is 9.56. The molecule has 0 aliphatic carbocycles. The third kappa shape index (κ3) is 4.53. The van der Waals surface area contributed by atoms with Crippen molar-refractivity contribution >= 4 is 0 Å². The van der Waals surface area contributed by atoms with Crippen LogP contribution in [0, 0.1) is 13.8 Å². The highest BCUT2D eigenvalue weighted by Crippen LogP contribution is 2.31. The van der Waals surface area contributed by atoms with E-state index in [0.29, 0.717) is 5.75 Å². The van der Waals surface area contributed by atoms with E-state index >= 15 is 0 Å². The molecule has 25 heavy (non-hydrogen) atoms. The number of benzene rings is 1. The van der Waals surface area contributed by atoms with E-state index in [9.17, 15) is 5.11 Å². The fourth-order valence-electron chi connectivity index (χ4n) is 3.84. The van der Waals surface area contributed by atoms with Crippen LogP contribution in [-0.2, 0) is 13.1 Å². The molecule has 0 bridgehead atoms. The van der Waals surface area contributed by atoms with Gasteiger partial charge in [0.05, 0.1) is 0 Å². The molecule has 2 heterocycles. The number of rotatable bonds is 4. The Balaban J connectivity index is 1.75. The van der Waals surface area contributed by atoms with E-state index < -0.39 is 0 Å². The predicted molar refractivity (Wildman–Crippen MR) is 103 cm³/mol. The molecule has 140 valence electrons. The van der Waals surface area contributed by atoms with E-state index in [4.69, 9.17) is 0 Å². The van der Waals surface area contributed by atoms with Gasteiger partial charge in [0.2, 0.25) is 0 Å². The number of piperazine rings is 2. The van der Waals surface area contributed by atoms with Gasteiger partial charge >= 0.3 is 0 Å². The summed E-state index contributed by atoms with van der Waals surface area (Å²) in [4.78, 5) is 9.68. The minimum absolute atomic E-state index is 0.529. The highest BCUT2D eigenvalue weighted by Gasteiger charge is 2.21. The lowest BCUT2D eigenvalue weighted by molar-refractivity contribution is 0.144. The summed E-state index contributed by atoms with van der Waals surface area (Å²) in [5.74, 6) is 0.529. The van der Waals surface area contributed by atoms with Crippen molar-refractivity contribution in [3.05, 3.63) is 28.3 Å². The summed E-state index contributed by atoms with van der Waals surface area (Å²) < 4.78 is 0. The van der Waals surface area contributed by atoms with Gasteiger partial charge in [-0.15, -0.1) is 0 Å². The Morgan fingerprint density at radius 3 is 1.80 bits per heavy atom. The van der Waals surface area contributed by atoms with Crippen LogP contribution < -0.4 is 0 Å². The molecule has 0 aromatic heterocycles.